The summed E-state index contributed by atoms with van der Waals surface area (Å²) in [4.78, 5) is 25.0. The fourth-order valence-corrected chi connectivity index (χ4v) is 2.58. The molecular weight excluding hydrogens is 278 g/mol. The number of hydrogen-bond donors (Lipinski definition) is 1. The minimum atomic E-state index is 0.0592. The molecule has 0 saturated carbocycles. The summed E-state index contributed by atoms with van der Waals surface area (Å²) in [5.41, 5.74) is 7.31. The van der Waals surface area contributed by atoms with E-state index in [4.69, 9.17) is 5.73 Å². The molecule has 2 heterocycles. The topological polar surface area (TPSA) is 75.4 Å². The van der Waals surface area contributed by atoms with E-state index in [0.29, 0.717) is 25.2 Å². The van der Waals surface area contributed by atoms with Crippen LogP contribution < -0.4 is 10.6 Å². The van der Waals surface area contributed by atoms with Crippen LogP contribution in [0.2, 0.25) is 0 Å². The predicted octanol–water partition coefficient (Wildman–Crippen LogP) is 0.898. The molecule has 1 saturated heterocycles. The molecule has 1 aliphatic rings. The van der Waals surface area contributed by atoms with Gasteiger partial charge in [-0.15, -0.1) is 0 Å². The van der Waals surface area contributed by atoms with Crippen molar-refractivity contribution in [1.29, 1.82) is 0 Å². The lowest BCUT2D eigenvalue weighted by Crippen LogP contribution is -2.49. The van der Waals surface area contributed by atoms with Gasteiger partial charge in [0.2, 0.25) is 5.95 Å². The summed E-state index contributed by atoms with van der Waals surface area (Å²) in [5, 5.41) is 0. The van der Waals surface area contributed by atoms with Gasteiger partial charge in [-0.2, -0.15) is 0 Å². The lowest BCUT2D eigenvalue weighted by atomic mass is 10.1. The van der Waals surface area contributed by atoms with Crippen LogP contribution in [0.25, 0.3) is 0 Å². The fraction of sp³-hybridized carbons (Fsp3) is 0.312. The van der Waals surface area contributed by atoms with Crippen molar-refractivity contribution in [2.75, 3.05) is 31.1 Å². The number of anilines is 1. The number of nitrogens with zero attached hydrogens (tertiary/aromatic N) is 4. The largest absolute Gasteiger partial charge is 0.337 e. The molecule has 0 aliphatic carbocycles. The van der Waals surface area contributed by atoms with Crippen LogP contribution in [0.5, 0.6) is 0 Å². The van der Waals surface area contributed by atoms with E-state index < -0.39 is 0 Å². The molecule has 0 atom stereocenters. The highest BCUT2D eigenvalue weighted by Crippen LogP contribution is 2.13. The summed E-state index contributed by atoms with van der Waals surface area (Å²) in [7, 11) is 0. The van der Waals surface area contributed by atoms with Crippen molar-refractivity contribution < 1.29 is 4.79 Å². The summed E-state index contributed by atoms with van der Waals surface area (Å²) in [6, 6.07) is 9.32. The maximum absolute atomic E-state index is 12.5. The summed E-state index contributed by atoms with van der Waals surface area (Å²) in [6.45, 7) is 3.27. The third kappa shape index (κ3) is 3.07. The van der Waals surface area contributed by atoms with Crippen molar-refractivity contribution in [3.63, 3.8) is 0 Å². The van der Waals surface area contributed by atoms with Crippen LogP contribution in [0.15, 0.2) is 42.7 Å². The zero-order valence-electron chi connectivity index (χ0n) is 12.4. The summed E-state index contributed by atoms with van der Waals surface area (Å²) >= 11 is 0. The number of nitrogens with two attached hydrogens (primary N) is 1. The van der Waals surface area contributed by atoms with E-state index in [2.05, 4.69) is 14.9 Å². The molecule has 6 heteroatoms. The van der Waals surface area contributed by atoms with Gasteiger partial charge in [-0.25, -0.2) is 9.97 Å². The van der Waals surface area contributed by atoms with Gasteiger partial charge in [0, 0.05) is 50.7 Å². The number of carbonyl (C=O) groups excluding carboxylic acids is 1. The second-order valence-electron chi connectivity index (χ2n) is 5.23. The Bertz CT molecular complexity index is 638. The molecule has 0 unspecified atom stereocenters. The number of aromatic nitrogens is 2. The third-order valence-corrected chi connectivity index (χ3v) is 3.81. The van der Waals surface area contributed by atoms with Crippen molar-refractivity contribution in [2.24, 2.45) is 5.73 Å². The minimum Gasteiger partial charge on any atom is -0.337 e. The van der Waals surface area contributed by atoms with Crippen LogP contribution in [0.3, 0.4) is 0 Å². The standard InChI is InChI=1S/C16H19N5O/c17-12-13-3-1-4-14(11-13)15(22)20-7-9-21(10-8-20)16-18-5-2-6-19-16/h1-6,11H,7-10,12,17H2. The number of hydrogen-bond acceptors (Lipinski definition) is 5. The van der Waals surface area contributed by atoms with Crippen LogP contribution >= 0.6 is 0 Å². The average Bonchev–Trinajstić information content (AvgIpc) is 2.62. The zero-order valence-corrected chi connectivity index (χ0v) is 12.4. The highest BCUT2D eigenvalue weighted by atomic mass is 16.2. The second-order valence-corrected chi connectivity index (χ2v) is 5.23. The van der Waals surface area contributed by atoms with Gasteiger partial charge in [0.25, 0.3) is 5.91 Å². The van der Waals surface area contributed by atoms with E-state index in [0.717, 1.165) is 24.6 Å². The van der Waals surface area contributed by atoms with Gasteiger partial charge in [0.1, 0.15) is 0 Å². The molecule has 1 aromatic heterocycles. The van der Waals surface area contributed by atoms with E-state index in [1.807, 2.05) is 29.2 Å². The Hall–Kier alpha value is -2.47. The molecule has 0 spiro atoms. The molecule has 1 amide bonds. The average molecular weight is 297 g/mol. The molecule has 3 rings (SSSR count). The number of rotatable bonds is 3. The first-order valence-corrected chi connectivity index (χ1v) is 7.38. The zero-order chi connectivity index (χ0) is 15.4. The van der Waals surface area contributed by atoms with Crippen LogP contribution in [0, 0.1) is 0 Å². The van der Waals surface area contributed by atoms with Crippen molar-refractivity contribution in [2.45, 2.75) is 6.54 Å². The highest BCUT2D eigenvalue weighted by molar-refractivity contribution is 5.94. The molecule has 0 bridgehead atoms. The maximum atomic E-state index is 12.5. The van der Waals surface area contributed by atoms with Crippen LogP contribution in [0.4, 0.5) is 5.95 Å². The van der Waals surface area contributed by atoms with Gasteiger partial charge in [0.15, 0.2) is 0 Å². The molecule has 1 aliphatic heterocycles. The van der Waals surface area contributed by atoms with Crippen LogP contribution in [-0.2, 0) is 6.54 Å². The molecule has 1 fully saturated rings. The lowest BCUT2D eigenvalue weighted by Gasteiger charge is -2.34. The van der Waals surface area contributed by atoms with Gasteiger partial charge in [-0.1, -0.05) is 12.1 Å². The molecule has 114 valence electrons. The van der Waals surface area contributed by atoms with Gasteiger partial charge in [-0.05, 0) is 23.8 Å². The third-order valence-electron chi connectivity index (χ3n) is 3.81. The first-order valence-electron chi connectivity index (χ1n) is 7.38. The Morgan fingerprint density at radius 2 is 1.82 bits per heavy atom. The van der Waals surface area contributed by atoms with Crippen molar-refractivity contribution >= 4 is 11.9 Å². The summed E-state index contributed by atoms with van der Waals surface area (Å²) in [6.07, 6.45) is 3.47. The number of benzene rings is 1. The molecule has 6 nitrogen and oxygen atoms in total. The second kappa shape index (κ2) is 6.53. The molecule has 1 aromatic carbocycles. The van der Waals surface area contributed by atoms with Gasteiger partial charge >= 0.3 is 0 Å². The summed E-state index contributed by atoms with van der Waals surface area (Å²) < 4.78 is 0. The first-order chi connectivity index (χ1) is 10.8. The van der Waals surface area contributed by atoms with Crippen molar-refractivity contribution in [3.8, 4) is 0 Å². The Morgan fingerprint density at radius 1 is 1.09 bits per heavy atom. The summed E-state index contributed by atoms with van der Waals surface area (Å²) in [5.74, 6) is 0.781. The first kappa shape index (κ1) is 14.5. The Kier molecular flexibility index (Phi) is 4.29. The van der Waals surface area contributed by atoms with Gasteiger partial charge < -0.3 is 15.5 Å². The normalized spacial score (nSPS) is 15.0. The predicted molar refractivity (Wildman–Crippen MR) is 84.5 cm³/mol. The number of piperazine rings is 1. The van der Waals surface area contributed by atoms with Crippen LogP contribution in [-0.4, -0.2) is 47.0 Å². The van der Waals surface area contributed by atoms with E-state index in [1.54, 1.807) is 18.5 Å². The Balaban J connectivity index is 1.64. The van der Waals surface area contributed by atoms with E-state index in [1.165, 1.54) is 0 Å². The maximum Gasteiger partial charge on any atom is 0.253 e. The van der Waals surface area contributed by atoms with Gasteiger partial charge in [-0.3, -0.25) is 4.79 Å². The highest BCUT2D eigenvalue weighted by Gasteiger charge is 2.23. The quantitative estimate of drug-likeness (QED) is 0.911. The number of amides is 1. The van der Waals surface area contributed by atoms with Gasteiger partial charge in [0.05, 0.1) is 0 Å². The molecule has 0 radical (unpaired) electrons. The van der Waals surface area contributed by atoms with E-state index >= 15 is 0 Å². The SMILES string of the molecule is NCc1cccc(C(=O)N2CCN(c3ncccn3)CC2)c1. The Morgan fingerprint density at radius 3 is 2.50 bits per heavy atom. The molecule has 22 heavy (non-hydrogen) atoms. The van der Waals surface area contributed by atoms with E-state index in [9.17, 15) is 4.79 Å². The minimum absolute atomic E-state index is 0.0592. The van der Waals surface area contributed by atoms with E-state index in [-0.39, 0.29) is 5.91 Å². The monoisotopic (exact) mass is 297 g/mol. The lowest BCUT2D eigenvalue weighted by molar-refractivity contribution is 0.0746. The van der Waals surface area contributed by atoms with Crippen molar-refractivity contribution in [1.82, 2.24) is 14.9 Å². The molecule has 2 N–H and O–H groups in total. The molecular formula is C16H19N5O. The Labute approximate surface area is 129 Å². The fourth-order valence-electron chi connectivity index (χ4n) is 2.58. The number of carbonyl (C=O) groups is 1. The molecule has 2 aromatic rings. The van der Waals surface area contributed by atoms with Crippen molar-refractivity contribution in [3.05, 3.63) is 53.9 Å². The smallest absolute Gasteiger partial charge is 0.253 e. The van der Waals surface area contributed by atoms with Crippen LogP contribution in [0.1, 0.15) is 15.9 Å².